The molecule has 2 aromatic rings. The smallest absolute Gasteiger partial charge is 0.239 e. The third-order valence-electron chi connectivity index (χ3n) is 3.99. The number of likely N-dealkylation sites (tertiary alicyclic amines) is 1. The Morgan fingerprint density at radius 2 is 2.25 bits per heavy atom. The molecule has 128 valence electrons. The second-order valence-electron chi connectivity index (χ2n) is 5.66. The molecule has 0 aliphatic carbocycles. The highest BCUT2D eigenvalue weighted by atomic mass is 35.5. The highest BCUT2D eigenvalue weighted by Crippen LogP contribution is 2.31. The van der Waals surface area contributed by atoms with Gasteiger partial charge in [0.2, 0.25) is 5.91 Å². The Morgan fingerprint density at radius 3 is 3.00 bits per heavy atom. The summed E-state index contributed by atoms with van der Waals surface area (Å²) in [4.78, 5) is 18.6. The van der Waals surface area contributed by atoms with Crippen LogP contribution in [0, 0.1) is 0 Å². The lowest BCUT2D eigenvalue weighted by Gasteiger charge is -2.21. The van der Waals surface area contributed by atoms with Gasteiger partial charge in [-0.3, -0.25) is 9.69 Å². The highest BCUT2D eigenvalue weighted by Gasteiger charge is 2.25. The largest absolute Gasteiger partial charge is 0.395 e. The molecule has 0 saturated carbocycles. The minimum absolute atomic E-state index is 0.0814. The van der Waals surface area contributed by atoms with E-state index < -0.39 is 0 Å². The Balaban J connectivity index is 1.63. The summed E-state index contributed by atoms with van der Waals surface area (Å²) in [6, 6.07) is 5.40. The molecular formula is C16H17Cl2N3O2S. The van der Waals surface area contributed by atoms with Crippen molar-refractivity contribution in [3.8, 4) is 10.6 Å². The van der Waals surface area contributed by atoms with Crippen molar-refractivity contribution in [1.29, 1.82) is 0 Å². The van der Waals surface area contributed by atoms with E-state index in [1.54, 1.807) is 17.5 Å². The molecule has 1 aliphatic rings. The maximum Gasteiger partial charge on any atom is 0.239 e. The van der Waals surface area contributed by atoms with E-state index in [-0.39, 0.29) is 25.1 Å². The van der Waals surface area contributed by atoms with Gasteiger partial charge in [0, 0.05) is 17.0 Å². The molecule has 2 heterocycles. The van der Waals surface area contributed by atoms with Crippen molar-refractivity contribution >= 4 is 46.3 Å². The van der Waals surface area contributed by atoms with Crippen molar-refractivity contribution in [3.05, 3.63) is 33.6 Å². The van der Waals surface area contributed by atoms with Crippen LogP contribution < -0.4 is 5.32 Å². The molecule has 2 N–H and O–H groups in total. The van der Waals surface area contributed by atoms with Crippen LogP contribution in [0.2, 0.25) is 10.0 Å². The van der Waals surface area contributed by atoms with E-state index >= 15 is 0 Å². The van der Waals surface area contributed by atoms with Gasteiger partial charge in [-0.1, -0.05) is 29.3 Å². The van der Waals surface area contributed by atoms with E-state index in [1.807, 2.05) is 11.0 Å². The first-order valence-electron chi connectivity index (χ1n) is 7.62. The average molecular weight is 386 g/mol. The number of aromatic nitrogens is 1. The highest BCUT2D eigenvalue weighted by molar-refractivity contribution is 7.13. The number of benzene rings is 1. The van der Waals surface area contributed by atoms with Crippen LogP contribution in [-0.2, 0) is 4.79 Å². The Morgan fingerprint density at radius 1 is 1.42 bits per heavy atom. The van der Waals surface area contributed by atoms with Gasteiger partial charge in [0.05, 0.1) is 23.2 Å². The molecule has 3 rings (SSSR count). The molecule has 1 aromatic heterocycles. The first-order chi connectivity index (χ1) is 11.6. The third-order valence-corrected chi connectivity index (χ3v) is 5.63. The van der Waals surface area contributed by atoms with Gasteiger partial charge in [0.25, 0.3) is 0 Å². The molecule has 1 fully saturated rings. The number of thiazole rings is 1. The fraction of sp³-hybridized carbons (Fsp3) is 0.375. The van der Waals surface area contributed by atoms with Crippen molar-refractivity contribution in [2.24, 2.45) is 0 Å². The summed E-state index contributed by atoms with van der Waals surface area (Å²) in [6.07, 6.45) is 1.94. The molecule has 1 aliphatic heterocycles. The van der Waals surface area contributed by atoms with Crippen LogP contribution in [0.25, 0.3) is 10.6 Å². The third kappa shape index (κ3) is 4.07. The molecule has 0 spiro atoms. The number of hydrogen-bond acceptors (Lipinski definition) is 5. The van der Waals surface area contributed by atoms with Crippen molar-refractivity contribution in [1.82, 2.24) is 9.88 Å². The van der Waals surface area contributed by atoms with Gasteiger partial charge in [-0.25, -0.2) is 4.98 Å². The number of nitrogens with one attached hydrogen (secondary N) is 1. The lowest BCUT2D eigenvalue weighted by molar-refractivity contribution is -0.117. The number of carbonyl (C=O) groups excluding carboxylic acids is 1. The first-order valence-corrected chi connectivity index (χ1v) is 9.26. The fourth-order valence-corrected chi connectivity index (χ4v) is 3.82. The zero-order valence-corrected chi connectivity index (χ0v) is 15.2. The van der Waals surface area contributed by atoms with Crippen LogP contribution in [0.3, 0.4) is 0 Å². The molecule has 5 nitrogen and oxygen atoms in total. The molecular weight excluding hydrogens is 369 g/mol. The minimum atomic E-state index is -0.124. The molecule has 1 aromatic carbocycles. The summed E-state index contributed by atoms with van der Waals surface area (Å²) in [6.45, 7) is 1.19. The van der Waals surface area contributed by atoms with Crippen LogP contribution in [0.4, 0.5) is 5.82 Å². The van der Waals surface area contributed by atoms with E-state index in [0.29, 0.717) is 15.9 Å². The van der Waals surface area contributed by atoms with E-state index in [4.69, 9.17) is 23.2 Å². The van der Waals surface area contributed by atoms with Gasteiger partial charge in [0.15, 0.2) is 0 Å². The molecule has 24 heavy (non-hydrogen) atoms. The topological polar surface area (TPSA) is 65.5 Å². The van der Waals surface area contributed by atoms with Gasteiger partial charge in [-0.15, -0.1) is 11.3 Å². The van der Waals surface area contributed by atoms with Crippen molar-refractivity contribution in [3.63, 3.8) is 0 Å². The minimum Gasteiger partial charge on any atom is -0.395 e. The maximum atomic E-state index is 12.2. The number of aliphatic hydroxyl groups excluding tert-OH is 1. The number of halogens is 2. The van der Waals surface area contributed by atoms with E-state index in [9.17, 15) is 9.90 Å². The first kappa shape index (κ1) is 17.6. The summed E-state index contributed by atoms with van der Waals surface area (Å²) in [7, 11) is 0. The van der Waals surface area contributed by atoms with Crippen LogP contribution in [0.1, 0.15) is 12.8 Å². The number of carbonyl (C=O) groups is 1. The standard InChI is InChI=1S/C16H17Cl2N3O2S/c17-12-4-3-10(6-13(12)18)16-20-14(9-24-16)19-15(23)7-21-5-1-2-11(21)8-22/h3-4,6,9,11,22H,1-2,5,7-8H2,(H,19,23). The van der Waals surface area contributed by atoms with Crippen LogP contribution in [0.5, 0.6) is 0 Å². The lowest BCUT2D eigenvalue weighted by atomic mass is 10.2. The van der Waals surface area contributed by atoms with Gasteiger partial charge >= 0.3 is 0 Å². The summed E-state index contributed by atoms with van der Waals surface area (Å²) in [5.41, 5.74) is 0.856. The molecule has 1 unspecified atom stereocenters. The molecule has 1 amide bonds. The van der Waals surface area contributed by atoms with Crippen LogP contribution >= 0.6 is 34.5 Å². The Labute approximate surface area is 154 Å². The Kier molecular flexibility index (Phi) is 5.73. The van der Waals surface area contributed by atoms with E-state index in [1.165, 1.54) is 11.3 Å². The van der Waals surface area contributed by atoms with Crippen molar-refractivity contribution in [2.75, 3.05) is 25.0 Å². The maximum absolute atomic E-state index is 12.2. The number of hydrogen-bond donors (Lipinski definition) is 2. The average Bonchev–Trinajstić information content (AvgIpc) is 3.19. The number of aliphatic hydroxyl groups is 1. The summed E-state index contributed by atoms with van der Waals surface area (Å²) >= 11 is 13.4. The number of nitrogens with zero attached hydrogens (tertiary/aromatic N) is 2. The Bertz CT molecular complexity index is 738. The van der Waals surface area contributed by atoms with Gasteiger partial charge in [-0.05, 0) is 31.5 Å². The lowest BCUT2D eigenvalue weighted by Crippen LogP contribution is -2.38. The van der Waals surface area contributed by atoms with Crippen LogP contribution in [0.15, 0.2) is 23.6 Å². The zero-order valence-electron chi connectivity index (χ0n) is 12.8. The second-order valence-corrected chi connectivity index (χ2v) is 7.34. The van der Waals surface area contributed by atoms with E-state index in [2.05, 4.69) is 10.3 Å². The van der Waals surface area contributed by atoms with Crippen LogP contribution in [-0.4, -0.2) is 46.6 Å². The molecule has 0 radical (unpaired) electrons. The van der Waals surface area contributed by atoms with E-state index in [0.717, 1.165) is 30.0 Å². The molecule has 8 heteroatoms. The van der Waals surface area contributed by atoms with Gasteiger partial charge in [0.1, 0.15) is 10.8 Å². The summed E-state index contributed by atoms with van der Waals surface area (Å²) in [5.74, 6) is 0.396. The number of anilines is 1. The fourth-order valence-electron chi connectivity index (χ4n) is 2.77. The summed E-state index contributed by atoms with van der Waals surface area (Å²) in [5, 5.41) is 15.6. The normalized spacial score (nSPS) is 18.0. The Hall–Kier alpha value is -1.18. The van der Waals surface area contributed by atoms with Crippen molar-refractivity contribution < 1.29 is 9.90 Å². The van der Waals surface area contributed by atoms with Gasteiger partial charge < -0.3 is 10.4 Å². The zero-order chi connectivity index (χ0) is 17.1. The molecule has 1 atom stereocenters. The monoisotopic (exact) mass is 385 g/mol. The second kappa shape index (κ2) is 7.80. The molecule has 1 saturated heterocycles. The number of rotatable bonds is 5. The molecule has 0 bridgehead atoms. The summed E-state index contributed by atoms with van der Waals surface area (Å²) < 4.78 is 0. The van der Waals surface area contributed by atoms with Gasteiger partial charge in [-0.2, -0.15) is 0 Å². The quantitative estimate of drug-likeness (QED) is 0.826. The van der Waals surface area contributed by atoms with Crippen molar-refractivity contribution in [2.45, 2.75) is 18.9 Å². The predicted octanol–water partition coefficient (Wildman–Crippen LogP) is 3.51. The predicted molar refractivity (Wildman–Crippen MR) is 97.9 cm³/mol. The SMILES string of the molecule is O=C(CN1CCCC1CO)Nc1csc(-c2ccc(Cl)c(Cl)c2)n1. The number of amides is 1.